The summed E-state index contributed by atoms with van der Waals surface area (Å²) in [6.45, 7) is 0. The van der Waals surface area contributed by atoms with Crippen LogP contribution >= 0.6 is 38.9 Å². The highest BCUT2D eigenvalue weighted by Gasteiger charge is 2.19. The lowest BCUT2D eigenvalue weighted by atomic mass is 10.2. The van der Waals surface area contributed by atoms with Crippen LogP contribution in [0.15, 0.2) is 63.5 Å². The predicted molar refractivity (Wildman–Crippen MR) is 108 cm³/mol. The van der Waals surface area contributed by atoms with E-state index in [1.807, 2.05) is 24.3 Å². The number of thiazole rings is 1. The first-order chi connectivity index (χ1) is 13.0. The third-order valence-electron chi connectivity index (χ3n) is 3.39. The highest BCUT2D eigenvalue weighted by Crippen LogP contribution is 2.24. The lowest BCUT2D eigenvalue weighted by Gasteiger charge is -2.02. The second kappa shape index (κ2) is 8.43. The molecule has 0 aliphatic carbocycles. The number of oxime groups is 1. The lowest BCUT2D eigenvalue weighted by molar-refractivity contribution is -0.112. The molecule has 0 saturated carbocycles. The number of primary amides is 1. The molecule has 3 aromatic rings. The largest absolute Gasteiger partial charge is 0.367 e. The minimum absolute atomic E-state index is 0.126. The number of nitrogens with zero attached hydrogens (tertiary/aromatic N) is 2. The molecule has 0 atom stereocenters. The van der Waals surface area contributed by atoms with E-state index in [2.05, 4.69) is 26.1 Å². The summed E-state index contributed by atoms with van der Waals surface area (Å²) in [5.41, 5.74) is 6.75. The van der Waals surface area contributed by atoms with E-state index >= 15 is 0 Å². The fourth-order valence-corrected chi connectivity index (χ4v) is 3.38. The molecule has 0 spiro atoms. The summed E-state index contributed by atoms with van der Waals surface area (Å²) >= 11 is 10.5. The molecule has 1 aromatic heterocycles. The summed E-state index contributed by atoms with van der Waals surface area (Å²) < 4.78 is 0.938. The van der Waals surface area contributed by atoms with Crippen LogP contribution in [0.1, 0.15) is 15.4 Å². The maximum absolute atomic E-state index is 12.1. The zero-order valence-electron chi connectivity index (χ0n) is 13.6. The monoisotopic (exact) mass is 463 g/mol. The van der Waals surface area contributed by atoms with Crippen LogP contribution in [-0.2, 0) is 9.63 Å². The molecule has 0 bridgehead atoms. The Morgan fingerprint density at radius 3 is 2.52 bits per heavy atom. The molecule has 2 aromatic carbocycles. The third kappa shape index (κ3) is 4.60. The first-order valence-corrected chi connectivity index (χ1v) is 9.56. The minimum atomic E-state index is -0.862. The summed E-state index contributed by atoms with van der Waals surface area (Å²) in [5, 5.41) is 5.82. The smallest absolute Gasteiger partial charge is 0.364 e. The number of rotatable bonds is 5. The fraction of sp³-hybridized carbons (Fsp3) is 0. The number of carbonyl (C=O) groups is 2. The van der Waals surface area contributed by atoms with Gasteiger partial charge in [0.15, 0.2) is 5.01 Å². The van der Waals surface area contributed by atoms with E-state index in [-0.39, 0.29) is 21.3 Å². The van der Waals surface area contributed by atoms with Gasteiger partial charge in [0.25, 0.3) is 5.91 Å². The maximum Gasteiger partial charge on any atom is 0.367 e. The standard InChI is InChI=1S/C18H11BrClN3O3S/c19-11-7-5-10(6-8-11)14-9-27-17(22-14)15(16(21)24)23-26-18(25)12-3-1-2-4-13(12)20/h1-9H,(H2,21,24)/b23-15-. The summed E-state index contributed by atoms with van der Waals surface area (Å²) in [4.78, 5) is 33.0. The van der Waals surface area contributed by atoms with Crippen molar-refractivity contribution in [2.24, 2.45) is 10.9 Å². The van der Waals surface area contributed by atoms with Crippen molar-refractivity contribution in [3.63, 3.8) is 0 Å². The number of halogens is 2. The Hall–Kier alpha value is -2.55. The van der Waals surface area contributed by atoms with Crippen LogP contribution in [0.4, 0.5) is 0 Å². The number of aromatic nitrogens is 1. The molecule has 0 aliphatic rings. The molecule has 6 nitrogen and oxygen atoms in total. The van der Waals surface area contributed by atoms with Gasteiger partial charge in [-0.3, -0.25) is 4.79 Å². The first kappa shape index (κ1) is 19.2. The van der Waals surface area contributed by atoms with E-state index in [0.717, 1.165) is 21.4 Å². The van der Waals surface area contributed by atoms with Crippen LogP contribution in [0.3, 0.4) is 0 Å². The van der Waals surface area contributed by atoms with Crippen LogP contribution in [0.2, 0.25) is 5.02 Å². The molecule has 27 heavy (non-hydrogen) atoms. The Balaban J connectivity index is 1.85. The molecule has 2 N–H and O–H groups in total. The Morgan fingerprint density at radius 1 is 1.15 bits per heavy atom. The van der Waals surface area contributed by atoms with Crippen molar-refractivity contribution in [1.82, 2.24) is 4.98 Å². The molecule has 0 saturated heterocycles. The topological polar surface area (TPSA) is 94.6 Å². The van der Waals surface area contributed by atoms with Gasteiger partial charge in [-0.1, -0.05) is 57.0 Å². The van der Waals surface area contributed by atoms with Crippen molar-refractivity contribution >= 4 is 56.5 Å². The normalized spacial score (nSPS) is 11.3. The first-order valence-electron chi connectivity index (χ1n) is 7.51. The molecule has 3 rings (SSSR count). The number of benzene rings is 2. The summed E-state index contributed by atoms with van der Waals surface area (Å²) in [6, 6.07) is 13.8. The molecule has 0 fully saturated rings. The molecule has 0 radical (unpaired) electrons. The van der Waals surface area contributed by atoms with Crippen LogP contribution in [-0.4, -0.2) is 22.6 Å². The van der Waals surface area contributed by atoms with Crippen LogP contribution in [0, 0.1) is 0 Å². The number of amides is 1. The SMILES string of the molecule is NC(=O)/C(=N/OC(=O)c1ccccc1Cl)c1nc(-c2ccc(Br)cc2)cs1. The van der Waals surface area contributed by atoms with Gasteiger partial charge in [-0.25, -0.2) is 9.78 Å². The lowest BCUT2D eigenvalue weighted by Crippen LogP contribution is -2.25. The van der Waals surface area contributed by atoms with Gasteiger partial charge in [0, 0.05) is 15.4 Å². The summed E-state index contributed by atoms with van der Waals surface area (Å²) in [6.07, 6.45) is 0. The van der Waals surface area contributed by atoms with Crippen LogP contribution < -0.4 is 5.73 Å². The Morgan fingerprint density at radius 2 is 1.85 bits per heavy atom. The maximum atomic E-state index is 12.1. The van der Waals surface area contributed by atoms with Gasteiger partial charge in [0.1, 0.15) is 0 Å². The van der Waals surface area contributed by atoms with Gasteiger partial charge in [0.2, 0.25) is 5.71 Å². The average Bonchev–Trinajstić information content (AvgIpc) is 3.12. The number of hydrogen-bond donors (Lipinski definition) is 1. The minimum Gasteiger partial charge on any atom is -0.364 e. The van der Waals surface area contributed by atoms with Crippen molar-refractivity contribution < 1.29 is 14.4 Å². The predicted octanol–water partition coefficient (Wildman–Crippen LogP) is 4.27. The van der Waals surface area contributed by atoms with Crippen molar-refractivity contribution in [1.29, 1.82) is 0 Å². The van der Waals surface area contributed by atoms with Gasteiger partial charge >= 0.3 is 5.97 Å². The van der Waals surface area contributed by atoms with Crippen LogP contribution in [0.25, 0.3) is 11.3 Å². The molecule has 136 valence electrons. The van der Waals surface area contributed by atoms with Gasteiger partial charge in [0.05, 0.1) is 16.3 Å². The van der Waals surface area contributed by atoms with Crippen molar-refractivity contribution in [3.05, 3.63) is 74.0 Å². The van der Waals surface area contributed by atoms with Gasteiger partial charge in [-0.2, -0.15) is 0 Å². The number of nitrogens with two attached hydrogens (primary N) is 1. The molecule has 9 heteroatoms. The Bertz CT molecular complexity index is 1030. The Kier molecular flexibility index (Phi) is 6.00. The number of hydrogen-bond acceptors (Lipinski definition) is 6. The molecule has 1 heterocycles. The number of carbonyl (C=O) groups excluding carboxylic acids is 2. The van der Waals surface area contributed by atoms with E-state index in [9.17, 15) is 9.59 Å². The molecular formula is C18H11BrClN3O3S. The van der Waals surface area contributed by atoms with Gasteiger partial charge < -0.3 is 10.6 Å². The summed E-state index contributed by atoms with van der Waals surface area (Å²) in [5.74, 6) is -1.66. The molecular weight excluding hydrogens is 454 g/mol. The van der Waals surface area contributed by atoms with Gasteiger partial charge in [-0.15, -0.1) is 11.3 Å². The van der Waals surface area contributed by atoms with E-state index in [1.165, 1.54) is 6.07 Å². The van der Waals surface area contributed by atoms with E-state index in [0.29, 0.717) is 5.69 Å². The zero-order chi connectivity index (χ0) is 19.4. The van der Waals surface area contributed by atoms with E-state index in [1.54, 1.807) is 23.6 Å². The quantitative estimate of drug-likeness (QED) is 0.346. The summed E-state index contributed by atoms with van der Waals surface area (Å²) in [7, 11) is 0. The molecule has 0 unspecified atom stereocenters. The highest BCUT2D eigenvalue weighted by atomic mass is 79.9. The second-order valence-corrected chi connectivity index (χ2v) is 7.39. The molecule has 0 aliphatic heterocycles. The molecule has 1 amide bonds. The van der Waals surface area contributed by atoms with Crippen molar-refractivity contribution in [2.45, 2.75) is 0 Å². The van der Waals surface area contributed by atoms with Gasteiger partial charge in [-0.05, 0) is 24.3 Å². The third-order valence-corrected chi connectivity index (χ3v) is 5.10. The van der Waals surface area contributed by atoms with Crippen molar-refractivity contribution in [3.8, 4) is 11.3 Å². The average molecular weight is 465 g/mol. The highest BCUT2D eigenvalue weighted by molar-refractivity contribution is 9.10. The fourth-order valence-electron chi connectivity index (χ4n) is 2.09. The Labute approximate surface area is 171 Å². The van der Waals surface area contributed by atoms with E-state index < -0.39 is 11.9 Å². The zero-order valence-corrected chi connectivity index (χ0v) is 16.7. The van der Waals surface area contributed by atoms with Crippen LogP contribution in [0.5, 0.6) is 0 Å². The van der Waals surface area contributed by atoms with E-state index in [4.69, 9.17) is 22.2 Å². The van der Waals surface area contributed by atoms with Crippen molar-refractivity contribution in [2.75, 3.05) is 0 Å². The second-order valence-electron chi connectivity index (χ2n) is 5.21.